The van der Waals surface area contributed by atoms with Crippen molar-refractivity contribution in [3.8, 4) is 5.75 Å². The zero-order valence-electron chi connectivity index (χ0n) is 15.5. The summed E-state index contributed by atoms with van der Waals surface area (Å²) in [6, 6.07) is 4.91. The van der Waals surface area contributed by atoms with E-state index in [9.17, 15) is 30.0 Å². The predicted octanol–water partition coefficient (Wildman–Crippen LogP) is 0.151. The Balaban J connectivity index is 1.64. The van der Waals surface area contributed by atoms with E-state index in [-0.39, 0.29) is 24.6 Å². The minimum absolute atomic E-state index is 0.0235. The van der Waals surface area contributed by atoms with Crippen molar-refractivity contribution >= 4 is 18.0 Å². The molecule has 2 aliphatic carbocycles. The molecule has 1 aromatic carbocycles. The van der Waals surface area contributed by atoms with Crippen LogP contribution >= 0.6 is 0 Å². The monoisotopic (exact) mass is 391 g/mol. The average molecular weight is 391 g/mol. The lowest BCUT2D eigenvalue weighted by atomic mass is 9.79. The number of esters is 1. The molecule has 2 saturated carbocycles. The second-order valence-electron chi connectivity index (χ2n) is 7.60. The number of carbonyl (C=O) groups is 2. The fraction of sp³-hybridized carbons (Fsp3) is 0.500. The normalized spacial score (nSPS) is 30.2. The van der Waals surface area contributed by atoms with Crippen LogP contribution in [0, 0.1) is 6.92 Å². The molecule has 4 atom stereocenters. The van der Waals surface area contributed by atoms with Crippen LogP contribution in [0.5, 0.6) is 5.75 Å². The molecule has 0 saturated heterocycles. The summed E-state index contributed by atoms with van der Waals surface area (Å²) in [6.07, 6.45) is -0.472. The molecule has 28 heavy (non-hydrogen) atoms. The number of hydrogen-bond acceptors (Lipinski definition) is 7. The summed E-state index contributed by atoms with van der Waals surface area (Å²) >= 11 is 0. The Kier molecular flexibility index (Phi) is 5.74. The second kappa shape index (κ2) is 7.90. The van der Waals surface area contributed by atoms with Gasteiger partial charge in [0, 0.05) is 25.0 Å². The molecule has 2 aliphatic rings. The molecule has 1 amide bonds. The van der Waals surface area contributed by atoms with Gasteiger partial charge in [0.1, 0.15) is 23.6 Å². The number of ether oxygens (including phenoxy) is 1. The van der Waals surface area contributed by atoms with E-state index in [2.05, 4.69) is 5.32 Å². The first-order chi connectivity index (χ1) is 13.2. The Labute approximate surface area is 162 Å². The summed E-state index contributed by atoms with van der Waals surface area (Å²) in [6.45, 7) is 1.74. The van der Waals surface area contributed by atoms with Crippen LogP contribution in [0.3, 0.4) is 0 Å². The largest absolute Gasteiger partial charge is 0.508 e. The van der Waals surface area contributed by atoms with E-state index in [1.54, 1.807) is 19.1 Å². The van der Waals surface area contributed by atoms with Crippen molar-refractivity contribution in [3.63, 3.8) is 0 Å². The number of carbonyl (C=O) groups excluding carboxylic acids is 2. The number of aryl methyl sites for hydroxylation is 1. The van der Waals surface area contributed by atoms with Gasteiger partial charge in [0.15, 0.2) is 0 Å². The smallest absolute Gasteiger partial charge is 0.331 e. The molecule has 0 spiro atoms. The third kappa shape index (κ3) is 4.70. The van der Waals surface area contributed by atoms with E-state index >= 15 is 0 Å². The van der Waals surface area contributed by atoms with Gasteiger partial charge in [-0.05, 0) is 43.0 Å². The molecule has 5 N–H and O–H groups in total. The van der Waals surface area contributed by atoms with E-state index in [0.29, 0.717) is 11.1 Å². The summed E-state index contributed by atoms with van der Waals surface area (Å²) in [5.41, 5.74) is -0.647. The third-order valence-corrected chi connectivity index (χ3v) is 5.11. The van der Waals surface area contributed by atoms with Gasteiger partial charge < -0.3 is 30.5 Å². The van der Waals surface area contributed by atoms with E-state index < -0.39 is 35.8 Å². The minimum atomic E-state index is -1.92. The highest BCUT2D eigenvalue weighted by Crippen LogP contribution is 2.32. The highest BCUT2D eigenvalue weighted by Gasteiger charge is 2.50. The zero-order chi connectivity index (χ0) is 20.5. The first-order valence-electron chi connectivity index (χ1n) is 9.26. The molecule has 3 rings (SSSR count). The number of nitrogens with one attached hydrogen (secondary N) is 1. The fourth-order valence-corrected chi connectivity index (χ4v) is 3.18. The Hall–Kier alpha value is -2.42. The topological polar surface area (TPSA) is 136 Å². The highest BCUT2D eigenvalue weighted by atomic mass is 16.6. The van der Waals surface area contributed by atoms with Gasteiger partial charge in [0.25, 0.3) is 5.91 Å². The lowest BCUT2D eigenvalue weighted by Crippen LogP contribution is -2.60. The molecule has 0 aliphatic heterocycles. The number of amides is 1. The number of aliphatic hydroxyl groups is 3. The van der Waals surface area contributed by atoms with Crippen LogP contribution in [0.15, 0.2) is 24.3 Å². The van der Waals surface area contributed by atoms with Gasteiger partial charge in [-0.1, -0.05) is 12.1 Å². The first kappa shape index (κ1) is 20.3. The molecular formula is C20H25NO7. The van der Waals surface area contributed by atoms with Crippen LogP contribution in [0.2, 0.25) is 0 Å². The standard InChI is InChI=1S/C20H25NO7/c1-11-2-3-12(8-14(11)22)4-7-17(24)28-16-10-20(27,9-15(23)18(16)25)19(26)21-13-5-6-13/h2-4,7-8,13,15-16,18,22-23,25,27H,5-6,9-10H2,1H3,(H,21,26)/b7-4+/t15-,16-,18-,20+/m1/s1. The van der Waals surface area contributed by atoms with E-state index in [1.165, 1.54) is 12.1 Å². The molecule has 152 valence electrons. The van der Waals surface area contributed by atoms with Crippen molar-refractivity contribution in [2.75, 3.05) is 0 Å². The molecule has 2 fully saturated rings. The Morgan fingerprint density at radius 2 is 1.96 bits per heavy atom. The number of phenolic OH excluding ortho intramolecular Hbond substituents is 1. The van der Waals surface area contributed by atoms with Crippen molar-refractivity contribution in [1.29, 1.82) is 0 Å². The lowest BCUT2D eigenvalue weighted by Gasteiger charge is -2.40. The van der Waals surface area contributed by atoms with Crippen LogP contribution in [-0.2, 0) is 14.3 Å². The number of rotatable bonds is 5. The molecule has 0 bridgehead atoms. The van der Waals surface area contributed by atoms with Crippen LogP contribution in [0.4, 0.5) is 0 Å². The maximum Gasteiger partial charge on any atom is 0.331 e. The summed E-state index contributed by atoms with van der Waals surface area (Å²) < 4.78 is 5.18. The Bertz CT molecular complexity index is 789. The fourth-order valence-electron chi connectivity index (χ4n) is 3.18. The molecule has 8 nitrogen and oxygen atoms in total. The maximum absolute atomic E-state index is 12.3. The van der Waals surface area contributed by atoms with Gasteiger partial charge in [-0.15, -0.1) is 0 Å². The second-order valence-corrected chi connectivity index (χ2v) is 7.60. The van der Waals surface area contributed by atoms with Gasteiger partial charge >= 0.3 is 5.97 Å². The van der Waals surface area contributed by atoms with E-state index in [1.807, 2.05) is 0 Å². The molecule has 0 radical (unpaired) electrons. The minimum Gasteiger partial charge on any atom is -0.508 e. The Morgan fingerprint density at radius 1 is 1.25 bits per heavy atom. The summed E-state index contributed by atoms with van der Waals surface area (Å²) in [5, 5.41) is 43.1. The van der Waals surface area contributed by atoms with Crippen LogP contribution in [0.25, 0.3) is 6.08 Å². The number of aromatic hydroxyl groups is 1. The molecule has 0 aromatic heterocycles. The molecule has 1 aromatic rings. The third-order valence-electron chi connectivity index (χ3n) is 5.11. The van der Waals surface area contributed by atoms with Crippen LogP contribution in [-0.4, -0.2) is 62.3 Å². The first-order valence-corrected chi connectivity index (χ1v) is 9.26. The SMILES string of the molecule is Cc1ccc(/C=C/C(=O)O[C@@H]2C[C@](O)(C(=O)NC3CC3)C[C@@H](O)[C@H]2O)cc1O. The van der Waals surface area contributed by atoms with E-state index in [0.717, 1.165) is 18.9 Å². The summed E-state index contributed by atoms with van der Waals surface area (Å²) in [4.78, 5) is 24.4. The van der Waals surface area contributed by atoms with Crippen molar-refractivity contribution in [1.82, 2.24) is 5.32 Å². The van der Waals surface area contributed by atoms with Crippen molar-refractivity contribution < 1.29 is 34.8 Å². The van der Waals surface area contributed by atoms with Gasteiger partial charge in [-0.25, -0.2) is 4.79 Å². The number of hydrogen-bond donors (Lipinski definition) is 5. The number of phenols is 1. The Morgan fingerprint density at radius 3 is 2.61 bits per heavy atom. The van der Waals surface area contributed by atoms with Crippen LogP contribution in [0.1, 0.15) is 36.8 Å². The zero-order valence-corrected chi connectivity index (χ0v) is 15.5. The average Bonchev–Trinajstić information content (AvgIpc) is 3.44. The quantitative estimate of drug-likeness (QED) is 0.356. The van der Waals surface area contributed by atoms with E-state index in [4.69, 9.17) is 4.74 Å². The summed E-state index contributed by atoms with van der Waals surface area (Å²) in [7, 11) is 0. The molecular weight excluding hydrogens is 366 g/mol. The van der Waals surface area contributed by atoms with Gasteiger partial charge in [-0.2, -0.15) is 0 Å². The number of aliphatic hydroxyl groups excluding tert-OH is 2. The lowest BCUT2D eigenvalue weighted by molar-refractivity contribution is -0.187. The predicted molar refractivity (Wildman–Crippen MR) is 99.1 cm³/mol. The van der Waals surface area contributed by atoms with Crippen molar-refractivity contribution in [3.05, 3.63) is 35.4 Å². The molecule has 0 unspecified atom stereocenters. The summed E-state index contributed by atoms with van der Waals surface area (Å²) in [5.74, 6) is -1.34. The number of benzene rings is 1. The van der Waals surface area contributed by atoms with Gasteiger partial charge in [0.2, 0.25) is 0 Å². The molecule has 0 heterocycles. The highest BCUT2D eigenvalue weighted by molar-refractivity contribution is 5.88. The van der Waals surface area contributed by atoms with Gasteiger partial charge in [0.05, 0.1) is 6.10 Å². The van der Waals surface area contributed by atoms with Crippen LogP contribution < -0.4 is 5.32 Å². The van der Waals surface area contributed by atoms with Crippen molar-refractivity contribution in [2.45, 2.75) is 62.6 Å². The van der Waals surface area contributed by atoms with Gasteiger partial charge in [-0.3, -0.25) is 4.79 Å². The molecule has 8 heteroatoms. The maximum atomic E-state index is 12.3. The van der Waals surface area contributed by atoms with Crippen molar-refractivity contribution in [2.24, 2.45) is 0 Å².